The minimum atomic E-state index is -0.882. The van der Waals surface area contributed by atoms with Crippen molar-refractivity contribution in [1.29, 1.82) is 0 Å². The maximum atomic E-state index is 12.0. The van der Waals surface area contributed by atoms with Gasteiger partial charge in [0.1, 0.15) is 0 Å². The van der Waals surface area contributed by atoms with Crippen LogP contribution in [0.4, 0.5) is 0 Å². The summed E-state index contributed by atoms with van der Waals surface area (Å²) in [6.07, 6.45) is 8.20. The molecule has 0 saturated heterocycles. The molecule has 2 unspecified atom stereocenters. The number of H-pyrrole nitrogens is 3. The normalized spacial score (nSPS) is 20.9. The van der Waals surface area contributed by atoms with Gasteiger partial charge in [-0.1, -0.05) is 27.7 Å². The number of hydrogen-bond acceptors (Lipinski definition) is 5. The Kier molecular flexibility index (Phi) is 10.4. The Morgan fingerprint density at radius 2 is 1.27 bits per heavy atom. The number of nitrogens with zero attached hydrogens (tertiary/aromatic N) is 2. The van der Waals surface area contributed by atoms with E-state index in [1.165, 1.54) is 33.5 Å². The summed E-state index contributed by atoms with van der Waals surface area (Å²) in [6.45, 7) is 21.7. The molecule has 0 aromatic carbocycles. The van der Waals surface area contributed by atoms with E-state index in [2.05, 4.69) is 87.8 Å². The highest BCUT2D eigenvalue weighted by molar-refractivity contribution is 6.17. The van der Waals surface area contributed by atoms with Crippen molar-refractivity contribution in [1.82, 2.24) is 20.3 Å². The second-order valence-electron chi connectivity index (χ2n) is 15.8. The van der Waals surface area contributed by atoms with Crippen LogP contribution in [0.15, 0.2) is 49.2 Å². The van der Waals surface area contributed by atoms with Crippen LogP contribution < -0.4 is 5.32 Å². The van der Waals surface area contributed by atoms with E-state index in [1.807, 2.05) is 13.8 Å². The number of allylic oxidation sites excluding steroid dienone is 4. The summed E-state index contributed by atoms with van der Waals surface area (Å²) in [5.74, 6) is -1.47. The van der Waals surface area contributed by atoms with E-state index in [0.717, 1.165) is 110 Å². The van der Waals surface area contributed by atoms with Gasteiger partial charge >= 0.3 is 11.9 Å². The Hall–Kier alpha value is -5.38. The first-order valence-corrected chi connectivity index (χ1v) is 20.3. The molecule has 0 spiro atoms. The van der Waals surface area contributed by atoms with Crippen LogP contribution in [0.3, 0.4) is 0 Å². The van der Waals surface area contributed by atoms with Gasteiger partial charge in [0.15, 0.2) is 0 Å². The lowest BCUT2D eigenvalue weighted by atomic mass is 9.88. The second-order valence-corrected chi connectivity index (χ2v) is 15.8. The minimum absolute atomic E-state index is 0.0475. The summed E-state index contributed by atoms with van der Waals surface area (Å²) >= 11 is 0. The van der Waals surface area contributed by atoms with Crippen LogP contribution in [0.25, 0.3) is 17.8 Å². The third-order valence-corrected chi connectivity index (χ3v) is 12.9. The molecule has 7 heterocycles. The van der Waals surface area contributed by atoms with E-state index in [1.54, 1.807) is 0 Å². The number of aromatic amines is 3. The molecule has 4 aliphatic rings. The number of aliphatic imine (C=N–C) groups is 2. The van der Waals surface area contributed by atoms with Crippen molar-refractivity contribution in [3.05, 3.63) is 107 Å². The minimum Gasteiger partial charge on any atom is -0.481 e. The van der Waals surface area contributed by atoms with Crippen LogP contribution >= 0.6 is 0 Å². The first-order chi connectivity index (χ1) is 26.7. The van der Waals surface area contributed by atoms with Gasteiger partial charge in [0.05, 0.1) is 51.6 Å². The predicted molar refractivity (Wildman–Crippen MR) is 225 cm³/mol. The molecule has 10 nitrogen and oxygen atoms in total. The summed E-state index contributed by atoms with van der Waals surface area (Å²) in [6, 6.07) is 0.0673. The maximum absolute atomic E-state index is 12.0. The van der Waals surface area contributed by atoms with Crippen LogP contribution in [0, 0.1) is 26.7 Å². The third-order valence-electron chi connectivity index (χ3n) is 12.9. The zero-order valence-electron chi connectivity index (χ0n) is 34.6. The SMILES string of the molecule is CCC1=C(C)C2=N/C1=C\c1[nH]c(c(CCC(=O)O)c1C)C1=N/C(=C\c3[nH]c(c(C)c3CC)C3=C(C)C(CC)C(N3)c3[nH]c2c(C)c3CC)C(C)=C1CCC(=O)O. The Balaban J connectivity index is 1.55. The number of fused-ring (bicyclic) bond motifs is 14. The molecule has 294 valence electrons. The molecule has 0 saturated carbocycles. The second kappa shape index (κ2) is 14.9. The van der Waals surface area contributed by atoms with Gasteiger partial charge in [0.25, 0.3) is 0 Å². The Labute approximate surface area is 329 Å². The fourth-order valence-electron chi connectivity index (χ4n) is 9.71. The van der Waals surface area contributed by atoms with Crippen LogP contribution in [-0.2, 0) is 28.9 Å². The van der Waals surface area contributed by atoms with Gasteiger partial charge in [0, 0.05) is 35.8 Å². The Bertz CT molecular complexity index is 2410. The number of nitrogens with one attached hydrogen (secondary N) is 4. The molecule has 2 atom stereocenters. The highest BCUT2D eigenvalue weighted by atomic mass is 16.4. The lowest BCUT2D eigenvalue weighted by Crippen LogP contribution is -2.21. The zero-order chi connectivity index (χ0) is 40.3. The number of carboxylic acids is 2. The van der Waals surface area contributed by atoms with Crippen molar-refractivity contribution in [3.63, 3.8) is 0 Å². The van der Waals surface area contributed by atoms with E-state index < -0.39 is 11.9 Å². The molecule has 0 aliphatic carbocycles. The fraction of sp³-hybridized carbons (Fsp3) is 0.435. The van der Waals surface area contributed by atoms with Gasteiger partial charge in [-0.25, -0.2) is 9.98 Å². The molecule has 0 radical (unpaired) electrons. The van der Waals surface area contributed by atoms with Gasteiger partial charge in [-0.05, 0) is 153 Å². The molecule has 12 bridgehead atoms. The van der Waals surface area contributed by atoms with E-state index >= 15 is 0 Å². The average Bonchev–Trinajstić information content (AvgIpc) is 3.97. The lowest BCUT2D eigenvalue weighted by Gasteiger charge is -2.21. The van der Waals surface area contributed by atoms with E-state index in [0.29, 0.717) is 18.6 Å². The quantitative estimate of drug-likeness (QED) is 0.121. The van der Waals surface area contributed by atoms with Crippen molar-refractivity contribution >= 4 is 41.2 Å². The van der Waals surface area contributed by atoms with Gasteiger partial charge in [-0.3, -0.25) is 9.59 Å². The zero-order valence-corrected chi connectivity index (χ0v) is 34.6. The summed E-state index contributed by atoms with van der Waals surface area (Å²) in [5, 5.41) is 23.6. The summed E-state index contributed by atoms with van der Waals surface area (Å²) in [4.78, 5) is 46.0. The van der Waals surface area contributed by atoms with E-state index in [-0.39, 0.29) is 24.8 Å². The highest BCUT2D eigenvalue weighted by Crippen LogP contribution is 2.45. The molecule has 56 heavy (non-hydrogen) atoms. The number of carboxylic acid groups (broad SMARTS) is 2. The predicted octanol–water partition coefficient (Wildman–Crippen LogP) is 9.75. The maximum Gasteiger partial charge on any atom is 0.303 e. The van der Waals surface area contributed by atoms with Gasteiger partial charge in [-0.15, -0.1) is 0 Å². The first kappa shape index (κ1) is 38.9. The monoisotopic (exact) mass is 756 g/mol. The molecular weight excluding hydrogens is 701 g/mol. The van der Waals surface area contributed by atoms with Gasteiger partial charge in [-0.2, -0.15) is 0 Å². The van der Waals surface area contributed by atoms with E-state index in [4.69, 9.17) is 9.98 Å². The summed E-state index contributed by atoms with van der Waals surface area (Å²) in [7, 11) is 0. The molecule has 4 aliphatic heterocycles. The van der Waals surface area contributed by atoms with Crippen LogP contribution in [0.2, 0.25) is 0 Å². The topological polar surface area (TPSA) is 159 Å². The summed E-state index contributed by atoms with van der Waals surface area (Å²) in [5.41, 5.74) is 22.5. The summed E-state index contributed by atoms with van der Waals surface area (Å²) < 4.78 is 0. The average molecular weight is 757 g/mol. The van der Waals surface area contributed by atoms with Crippen molar-refractivity contribution in [2.75, 3.05) is 0 Å². The molecular formula is C46H56N6O4. The van der Waals surface area contributed by atoms with Crippen molar-refractivity contribution in [2.45, 2.75) is 127 Å². The molecule has 7 rings (SSSR count). The largest absolute Gasteiger partial charge is 0.481 e. The molecule has 0 fully saturated rings. The number of aliphatic carboxylic acids is 2. The Morgan fingerprint density at radius 1 is 0.643 bits per heavy atom. The van der Waals surface area contributed by atoms with Crippen LogP contribution in [-0.4, -0.2) is 48.5 Å². The molecule has 10 heteroatoms. The third kappa shape index (κ3) is 6.27. The van der Waals surface area contributed by atoms with Crippen molar-refractivity contribution in [2.24, 2.45) is 15.9 Å². The first-order valence-electron chi connectivity index (χ1n) is 20.3. The number of hydrogen-bond donors (Lipinski definition) is 6. The molecule has 3 aromatic heterocycles. The molecule has 6 N–H and O–H groups in total. The number of aromatic nitrogens is 3. The number of carbonyl (C=O) groups is 2. The van der Waals surface area contributed by atoms with Gasteiger partial charge in [0.2, 0.25) is 0 Å². The van der Waals surface area contributed by atoms with Crippen LogP contribution in [0.1, 0.15) is 154 Å². The number of rotatable bonds is 10. The van der Waals surface area contributed by atoms with Gasteiger partial charge < -0.3 is 30.5 Å². The fourth-order valence-corrected chi connectivity index (χ4v) is 9.71. The Morgan fingerprint density at radius 3 is 1.91 bits per heavy atom. The smallest absolute Gasteiger partial charge is 0.303 e. The lowest BCUT2D eigenvalue weighted by molar-refractivity contribution is -0.138. The van der Waals surface area contributed by atoms with Crippen LogP contribution in [0.5, 0.6) is 0 Å². The standard InChI is InChI=1S/C46H56N6O4/c1-11-27-23(7)39-41-25(9)29(13-3)43(51-41)44-30(14-4)26(10)42(52-44)40-24(8)28(12-2)36(50-40)20-34-22(6)32(16-18-38(55)56)46(48-34)45-31(15-17-37(53)54)21(5)33(47-45)19-35(27)49-39/h19-20,29,43,48-49,51-52H,11-18H2,1-10H3,(H,53,54)(H,55,56)/b33-19-,36-20-. The molecule has 3 aromatic rings. The van der Waals surface area contributed by atoms with Crippen molar-refractivity contribution < 1.29 is 19.8 Å². The van der Waals surface area contributed by atoms with Crippen molar-refractivity contribution in [3.8, 4) is 0 Å². The molecule has 0 amide bonds. The highest BCUT2D eigenvalue weighted by Gasteiger charge is 2.38. The van der Waals surface area contributed by atoms with E-state index in [9.17, 15) is 19.8 Å².